The second-order valence-electron chi connectivity index (χ2n) is 9.41. The molecule has 11 heteroatoms. The fraction of sp³-hybridized carbons (Fsp3) is 0.400. The highest BCUT2D eigenvalue weighted by atomic mass is 35.5. The van der Waals surface area contributed by atoms with Crippen LogP contribution in [0.3, 0.4) is 0 Å². The van der Waals surface area contributed by atoms with Crippen LogP contribution in [-0.2, 0) is 0 Å². The number of rotatable bonds is 5. The van der Waals surface area contributed by atoms with Gasteiger partial charge in [0.15, 0.2) is 17.2 Å². The van der Waals surface area contributed by atoms with Crippen molar-refractivity contribution in [3.63, 3.8) is 0 Å². The van der Waals surface area contributed by atoms with Crippen LogP contribution in [-0.4, -0.2) is 61.3 Å². The molecule has 10 nitrogen and oxygen atoms in total. The highest BCUT2D eigenvalue weighted by Crippen LogP contribution is 2.30. The summed E-state index contributed by atoms with van der Waals surface area (Å²) in [5, 5.41) is 15.4. The third-order valence-corrected chi connectivity index (χ3v) is 7.05. The van der Waals surface area contributed by atoms with Crippen molar-refractivity contribution in [2.24, 2.45) is 0 Å². The first-order valence-corrected chi connectivity index (χ1v) is 12.7. The Morgan fingerprint density at radius 1 is 1.14 bits per heavy atom. The first-order chi connectivity index (χ1) is 17.6. The standard InChI is InChI=1S/C25H27ClN8O2/c26-15-11-18-22(32-33-23(18)27-14-15)24-30-19(20-7-4-10-36-20)13-21(31-24)28-16-5-3-6-17(12-16)29-25(35)34-8-1-2-9-34/h4,7,10-11,13-14,16-17H,1-3,5-6,8-9,12H2,(H,29,35)(H,27,32,33)(H,28,30,31)/t16-,17+/m1/s1. The minimum absolute atomic E-state index is 0.0558. The van der Waals surface area contributed by atoms with Gasteiger partial charge in [0.25, 0.3) is 0 Å². The number of H-pyrrole nitrogens is 1. The molecule has 5 heterocycles. The quantitative estimate of drug-likeness (QED) is 0.353. The Hall–Kier alpha value is -3.66. The van der Waals surface area contributed by atoms with Crippen LogP contribution >= 0.6 is 11.6 Å². The number of likely N-dealkylation sites (tertiary alicyclic amines) is 1. The average molecular weight is 507 g/mol. The third kappa shape index (κ3) is 4.73. The van der Waals surface area contributed by atoms with E-state index in [1.165, 1.54) is 0 Å². The summed E-state index contributed by atoms with van der Waals surface area (Å²) in [5.74, 6) is 1.75. The van der Waals surface area contributed by atoms with Gasteiger partial charge in [-0.05, 0) is 56.7 Å². The number of halogens is 1. The number of furan rings is 1. The van der Waals surface area contributed by atoms with E-state index in [9.17, 15) is 4.79 Å². The largest absolute Gasteiger partial charge is 0.463 e. The average Bonchev–Trinajstić information content (AvgIpc) is 3.66. The highest BCUT2D eigenvalue weighted by Gasteiger charge is 2.27. The van der Waals surface area contributed by atoms with Crippen LogP contribution in [0.4, 0.5) is 10.6 Å². The molecule has 0 unspecified atom stereocenters. The van der Waals surface area contributed by atoms with E-state index in [0.29, 0.717) is 39.5 Å². The molecule has 3 N–H and O–H groups in total. The maximum Gasteiger partial charge on any atom is 0.317 e. The van der Waals surface area contributed by atoms with Gasteiger partial charge >= 0.3 is 6.03 Å². The van der Waals surface area contributed by atoms with Crippen LogP contribution in [0, 0.1) is 0 Å². The van der Waals surface area contributed by atoms with E-state index in [0.717, 1.165) is 57.0 Å². The number of carbonyl (C=O) groups is 1. The van der Waals surface area contributed by atoms with E-state index in [2.05, 4.69) is 25.8 Å². The summed E-state index contributed by atoms with van der Waals surface area (Å²) in [6, 6.07) is 7.73. The Morgan fingerprint density at radius 3 is 2.83 bits per heavy atom. The van der Waals surface area contributed by atoms with E-state index in [1.807, 2.05) is 23.1 Å². The number of anilines is 1. The molecule has 4 aromatic rings. The second-order valence-corrected chi connectivity index (χ2v) is 9.85. The number of nitrogens with one attached hydrogen (secondary N) is 3. The number of carbonyl (C=O) groups excluding carboxylic acids is 1. The summed E-state index contributed by atoms with van der Waals surface area (Å²) in [5.41, 5.74) is 1.82. The van der Waals surface area contributed by atoms with Gasteiger partial charge < -0.3 is 20.0 Å². The number of nitrogens with zero attached hydrogens (tertiary/aromatic N) is 5. The molecule has 2 fully saturated rings. The number of aromatic nitrogens is 5. The number of hydrogen-bond donors (Lipinski definition) is 3. The maximum absolute atomic E-state index is 12.6. The lowest BCUT2D eigenvalue weighted by atomic mass is 9.91. The lowest BCUT2D eigenvalue weighted by Gasteiger charge is -2.32. The lowest BCUT2D eigenvalue weighted by molar-refractivity contribution is 0.200. The predicted molar refractivity (Wildman–Crippen MR) is 137 cm³/mol. The summed E-state index contributed by atoms with van der Waals surface area (Å²) in [7, 11) is 0. The normalized spacial score (nSPS) is 20.1. The molecule has 1 aliphatic heterocycles. The SMILES string of the molecule is O=C(N[C@H]1CCC[C@@H](Nc2cc(-c3ccco3)nc(-c3n[nH]c4ncc(Cl)cc34)n2)C1)N1CCCC1. The molecule has 0 aromatic carbocycles. The van der Waals surface area contributed by atoms with E-state index in [1.54, 1.807) is 18.5 Å². The molecule has 4 aromatic heterocycles. The molecule has 0 radical (unpaired) electrons. The minimum Gasteiger partial charge on any atom is -0.463 e. The molecule has 1 saturated carbocycles. The van der Waals surface area contributed by atoms with Crippen molar-refractivity contribution in [3.8, 4) is 23.0 Å². The predicted octanol–water partition coefficient (Wildman–Crippen LogP) is 4.86. The number of hydrogen-bond acceptors (Lipinski definition) is 7. The van der Waals surface area contributed by atoms with Crippen molar-refractivity contribution in [2.45, 2.75) is 50.6 Å². The third-order valence-electron chi connectivity index (χ3n) is 6.84. The molecule has 2 atom stereocenters. The molecule has 0 spiro atoms. The van der Waals surface area contributed by atoms with Crippen LogP contribution in [0.1, 0.15) is 38.5 Å². The summed E-state index contributed by atoms with van der Waals surface area (Å²) in [6.45, 7) is 1.70. The summed E-state index contributed by atoms with van der Waals surface area (Å²) in [4.78, 5) is 28.3. The number of amides is 2. The molecule has 1 saturated heterocycles. The molecular formula is C25H27ClN8O2. The summed E-state index contributed by atoms with van der Waals surface area (Å²) in [6.07, 6.45) is 9.20. The van der Waals surface area contributed by atoms with Gasteiger partial charge in [-0.1, -0.05) is 11.6 Å². The molecule has 6 rings (SSSR count). The first-order valence-electron chi connectivity index (χ1n) is 12.4. The summed E-state index contributed by atoms with van der Waals surface area (Å²) < 4.78 is 5.62. The highest BCUT2D eigenvalue weighted by molar-refractivity contribution is 6.31. The van der Waals surface area contributed by atoms with Gasteiger partial charge in [0.05, 0.1) is 16.7 Å². The van der Waals surface area contributed by atoms with Crippen molar-refractivity contribution in [3.05, 3.63) is 41.7 Å². The zero-order valence-corrected chi connectivity index (χ0v) is 20.5. The van der Waals surface area contributed by atoms with Gasteiger partial charge in [-0.3, -0.25) is 5.10 Å². The van der Waals surface area contributed by atoms with Crippen LogP contribution in [0.2, 0.25) is 5.02 Å². The minimum atomic E-state index is 0.0558. The Bertz CT molecular complexity index is 1370. The molecule has 2 amide bonds. The Kier molecular flexibility index (Phi) is 6.18. The number of fused-ring (bicyclic) bond motifs is 1. The van der Waals surface area contributed by atoms with Crippen molar-refractivity contribution in [2.75, 3.05) is 18.4 Å². The lowest BCUT2D eigenvalue weighted by Crippen LogP contribution is -2.47. The molecule has 186 valence electrons. The van der Waals surface area contributed by atoms with Gasteiger partial charge in [0.1, 0.15) is 17.2 Å². The number of pyridine rings is 1. The first kappa shape index (κ1) is 22.8. The topological polar surface area (TPSA) is 125 Å². The van der Waals surface area contributed by atoms with Crippen LogP contribution in [0.5, 0.6) is 0 Å². The van der Waals surface area contributed by atoms with Gasteiger partial charge in [-0.15, -0.1) is 0 Å². The molecule has 36 heavy (non-hydrogen) atoms. The Morgan fingerprint density at radius 2 is 2.00 bits per heavy atom. The van der Waals surface area contributed by atoms with E-state index >= 15 is 0 Å². The zero-order valence-electron chi connectivity index (χ0n) is 19.7. The number of aromatic amines is 1. The van der Waals surface area contributed by atoms with Gasteiger partial charge in [0.2, 0.25) is 0 Å². The van der Waals surface area contributed by atoms with Gasteiger partial charge in [-0.2, -0.15) is 5.10 Å². The van der Waals surface area contributed by atoms with Crippen LogP contribution < -0.4 is 10.6 Å². The smallest absolute Gasteiger partial charge is 0.317 e. The van der Waals surface area contributed by atoms with Crippen molar-refractivity contribution >= 4 is 34.5 Å². The second kappa shape index (κ2) is 9.77. The van der Waals surface area contributed by atoms with Crippen molar-refractivity contribution in [1.82, 2.24) is 35.4 Å². The molecular weight excluding hydrogens is 480 g/mol. The van der Waals surface area contributed by atoms with E-state index < -0.39 is 0 Å². The summed E-state index contributed by atoms with van der Waals surface area (Å²) >= 11 is 6.19. The molecule has 0 bridgehead atoms. The fourth-order valence-corrected chi connectivity index (χ4v) is 5.23. The monoisotopic (exact) mass is 506 g/mol. The fourth-order valence-electron chi connectivity index (χ4n) is 5.07. The van der Waals surface area contributed by atoms with Gasteiger partial charge in [-0.25, -0.2) is 19.7 Å². The van der Waals surface area contributed by atoms with Gasteiger partial charge in [0, 0.05) is 37.4 Å². The molecule has 2 aliphatic rings. The molecule has 1 aliphatic carbocycles. The van der Waals surface area contributed by atoms with Crippen LogP contribution in [0.15, 0.2) is 41.1 Å². The maximum atomic E-state index is 12.6. The van der Waals surface area contributed by atoms with E-state index in [-0.39, 0.29) is 18.1 Å². The van der Waals surface area contributed by atoms with Crippen molar-refractivity contribution < 1.29 is 9.21 Å². The number of urea groups is 1. The Labute approximate surface area is 212 Å². The van der Waals surface area contributed by atoms with Crippen LogP contribution in [0.25, 0.3) is 34.0 Å². The van der Waals surface area contributed by atoms with Crippen molar-refractivity contribution in [1.29, 1.82) is 0 Å². The Balaban J connectivity index is 1.26. The zero-order chi connectivity index (χ0) is 24.5. The van der Waals surface area contributed by atoms with E-state index in [4.69, 9.17) is 26.0 Å².